The predicted molar refractivity (Wildman–Crippen MR) is 116 cm³/mol. The number of hydrogen-bond donors (Lipinski definition) is 2. The van der Waals surface area contributed by atoms with Crippen LogP contribution in [0.25, 0.3) is 0 Å². The normalized spacial score (nSPS) is 32.3. The average molecular weight is 407 g/mol. The van der Waals surface area contributed by atoms with E-state index in [1.807, 2.05) is 19.9 Å². The molecule has 0 radical (unpaired) electrons. The lowest BCUT2D eigenvalue weighted by Crippen LogP contribution is -2.48. The van der Waals surface area contributed by atoms with Gasteiger partial charge in [0.1, 0.15) is 23.9 Å². The van der Waals surface area contributed by atoms with Crippen LogP contribution >= 0.6 is 0 Å². The van der Waals surface area contributed by atoms with Gasteiger partial charge in [0.15, 0.2) is 5.78 Å². The molecule has 158 valence electrons. The van der Waals surface area contributed by atoms with Crippen LogP contribution in [0.2, 0.25) is 0 Å². The first-order chi connectivity index (χ1) is 14.6. The van der Waals surface area contributed by atoms with E-state index in [0.29, 0.717) is 5.92 Å². The number of fused-ring (bicyclic) bond motifs is 3. The highest BCUT2D eigenvalue weighted by molar-refractivity contribution is 6.05. The minimum atomic E-state index is -0.142. The molecular weight excluding hydrogens is 376 g/mol. The van der Waals surface area contributed by atoms with Crippen LogP contribution in [0.15, 0.2) is 53.9 Å². The summed E-state index contributed by atoms with van der Waals surface area (Å²) in [5, 5.41) is 7.02. The fourth-order valence-electron chi connectivity index (χ4n) is 4.96. The maximum Gasteiger partial charge on any atom is 0.185 e. The van der Waals surface area contributed by atoms with Gasteiger partial charge in [-0.05, 0) is 57.2 Å². The Morgan fingerprint density at radius 2 is 2.07 bits per heavy atom. The van der Waals surface area contributed by atoms with E-state index in [1.54, 1.807) is 6.08 Å². The van der Waals surface area contributed by atoms with Crippen LogP contribution < -0.4 is 15.4 Å². The minimum absolute atomic E-state index is 0.0586. The highest BCUT2D eigenvalue weighted by Crippen LogP contribution is 2.44. The quantitative estimate of drug-likeness (QED) is 0.576. The van der Waals surface area contributed by atoms with Gasteiger partial charge in [-0.3, -0.25) is 4.79 Å². The summed E-state index contributed by atoms with van der Waals surface area (Å²) in [6.45, 7) is 4.08. The summed E-state index contributed by atoms with van der Waals surface area (Å²) in [6, 6.07) is 6.66. The van der Waals surface area contributed by atoms with E-state index in [1.165, 1.54) is 11.1 Å². The first-order valence-electron chi connectivity index (χ1n) is 11.2. The second kappa shape index (κ2) is 7.95. The molecule has 2 aliphatic heterocycles. The lowest BCUT2D eigenvalue weighted by atomic mass is 9.87. The smallest absolute Gasteiger partial charge is 0.185 e. The number of benzene rings is 1. The SMILES string of the molecule is CC(C)OC1CC(c2ccc3c(c2)OC2CCC=CC32)NC(=C2CCC=CC2=O)N1. The van der Waals surface area contributed by atoms with Crippen molar-refractivity contribution >= 4 is 5.78 Å². The van der Waals surface area contributed by atoms with Crippen LogP contribution in [0.5, 0.6) is 5.75 Å². The maximum atomic E-state index is 12.5. The standard InChI is InChI=1S/C25H30N2O3/c1-15(2)29-24-14-20(26-25(27-24)19-8-3-5-9-21(19)28)16-11-12-18-17-7-4-6-10-22(17)30-23(18)13-16/h4-5,7,9,11-13,15,17,20,22,24,26-27H,3,6,8,10,14H2,1-2H3. The van der Waals surface area contributed by atoms with Crippen LogP contribution in [0, 0.1) is 0 Å². The third-order valence-corrected chi connectivity index (χ3v) is 6.38. The largest absolute Gasteiger partial charge is 0.489 e. The van der Waals surface area contributed by atoms with Crippen LogP contribution in [-0.2, 0) is 9.53 Å². The van der Waals surface area contributed by atoms with Crippen molar-refractivity contribution in [2.24, 2.45) is 0 Å². The van der Waals surface area contributed by atoms with Gasteiger partial charge in [0.05, 0.1) is 12.1 Å². The van der Waals surface area contributed by atoms with E-state index in [9.17, 15) is 4.79 Å². The summed E-state index contributed by atoms with van der Waals surface area (Å²) in [5.41, 5.74) is 3.27. The molecule has 4 aliphatic rings. The molecule has 1 fully saturated rings. The number of carbonyl (C=O) groups is 1. The summed E-state index contributed by atoms with van der Waals surface area (Å²) < 4.78 is 12.4. The van der Waals surface area contributed by atoms with Crippen LogP contribution in [0.4, 0.5) is 0 Å². The fourth-order valence-corrected chi connectivity index (χ4v) is 4.96. The summed E-state index contributed by atoms with van der Waals surface area (Å²) in [5.74, 6) is 2.27. The summed E-state index contributed by atoms with van der Waals surface area (Å²) >= 11 is 0. The Bertz CT molecular complexity index is 930. The second-order valence-electron chi connectivity index (χ2n) is 8.89. The molecule has 1 aromatic rings. The number of ketones is 1. The zero-order valence-electron chi connectivity index (χ0n) is 17.7. The minimum Gasteiger partial charge on any atom is -0.489 e. The molecule has 5 rings (SSSR count). The molecule has 2 N–H and O–H groups in total. The van der Waals surface area contributed by atoms with Crippen LogP contribution in [0.1, 0.15) is 69.0 Å². The van der Waals surface area contributed by atoms with Crippen LogP contribution in [-0.4, -0.2) is 24.2 Å². The maximum absolute atomic E-state index is 12.5. The summed E-state index contributed by atoms with van der Waals surface area (Å²) in [6.07, 6.45) is 13.0. The number of rotatable bonds is 3. The second-order valence-corrected chi connectivity index (χ2v) is 8.89. The lowest BCUT2D eigenvalue weighted by Gasteiger charge is -2.37. The van der Waals surface area contributed by atoms with Crippen molar-refractivity contribution in [1.82, 2.24) is 10.6 Å². The van der Waals surface area contributed by atoms with Gasteiger partial charge < -0.3 is 20.1 Å². The van der Waals surface area contributed by atoms with E-state index < -0.39 is 0 Å². The molecule has 5 nitrogen and oxygen atoms in total. The molecule has 5 heteroatoms. The van der Waals surface area contributed by atoms with E-state index >= 15 is 0 Å². The molecule has 4 unspecified atom stereocenters. The number of carbonyl (C=O) groups excluding carboxylic acids is 1. The zero-order chi connectivity index (χ0) is 20.7. The van der Waals surface area contributed by atoms with Gasteiger partial charge in [-0.25, -0.2) is 0 Å². The third-order valence-electron chi connectivity index (χ3n) is 6.38. The van der Waals surface area contributed by atoms with E-state index in [2.05, 4.69) is 41.0 Å². The van der Waals surface area contributed by atoms with E-state index in [-0.39, 0.29) is 30.3 Å². The Morgan fingerprint density at radius 1 is 1.17 bits per heavy atom. The molecule has 0 spiro atoms. The molecule has 4 atom stereocenters. The van der Waals surface area contributed by atoms with Crippen molar-refractivity contribution in [2.75, 3.05) is 0 Å². The van der Waals surface area contributed by atoms with E-state index in [4.69, 9.17) is 9.47 Å². The van der Waals surface area contributed by atoms with Gasteiger partial charge in [-0.2, -0.15) is 0 Å². The van der Waals surface area contributed by atoms with Crippen molar-refractivity contribution in [3.8, 4) is 5.75 Å². The Hall–Kier alpha value is -2.53. The molecule has 0 saturated carbocycles. The fraction of sp³-hybridized carbons (Fsp3) is 0.480. The van der Waals surface area contributed by atoms with Gasteiger partial charge in [-0.1, -0.05) is 30.4 Å². The predicted octanol–water partition coefficient (Wildman–Crippen LogP) is 4.39. The monoisotopic (exact) mass is 406 g/mol. The Balaban J connectivity index is 1.44. The van der Waals surface area contributed by atoms with Gasteiger partial charge in [0.2, 0.25) is 0 Å². The Labute approximate surface area is 178 Å². The molecule has 0 bridgehead atoms. The molecule has 0 amide bonds. The topological polar surface area (TPSA) is 59.6 Å². The summed E-state index contributed by atoms with van der Waals surface area (Å²) in [7, 11) is 0. The van der Waals surface area contributed by atoms with Gasteiger partial charge in [-0.15, -0.1) is 0 Å². The van der Waals surface area contributed by atoms with Crippen molar-refractivity contribution < 1.29 is 14.3 Å². The highest BCUT2D eigenvalue weighted by Gasteiger charge is 2.35. The highest BCUT2D eigenvalue weighted by atomic mass is 16.5. The van der Waals surface area contributed by atoms with Crippen molar-refractivity contribution in [2.45, 2.75) is 76.3 Å². The number of allylic oxidation sites excluding steroid dienone is 4. The number of ether oxygens (including phenoxy) is 2. The third kappa shape index (κ3) is 3.67. The average Bonchev–Trinajstić information content (AvgIpc) is 3.11. The van der Waals surface area contributed by atoms with Crippen LogP contribution in [0.3, 0.4) is 0 Å². The molecule has 2 aliphatic carbocycles. The van der Waals surface area contributed by atoms with Gasteiger partial charge in [0.25, 0.3) is 0 Å². The molecule has 30 heavy (non-hydrogen) atoms. The molecule has 0 aromatic heterocycles. The molecule has 1 aromatic carbocycles. The Kier molecular flexibility index (Phi) is 5.15. The van der Waals surface area contributed by atoms with Crippen molar-refractivity contribution in [3.05, 3.63) is 65.0 Å². The number of hydrogen-bond acceptors (Lipinski definition) is 5. The number of nitrogens with one attached hydrogen (secondary N) is 2. The zero-order valence-corrected chi connectivity index (χ0v) is 17.7. The molecular formula is C25H30N2O3. The molecule has 1 saturated heterocycles. The Morgan fingerprint density at radius 3 is 2.90 bits per heavy atom. The van der Waals surface area contributed by atoms with Crippen molar-refractivity contribution in [1.29, 1.82) is 0 Å². The van der Waals surface area contributed by atoms with Gasteiger partial charge >= 0.3 is 0 Å². The molecule has 2 heterocycles. The summed E-state index contributed by atoms with van der Waals surface area (Å²) in [4.78, 5) is 12.5. The first kappa shape index (κ1) is 19.4. The van der Waals surface area contributed by atoms with E-state index in [0.717, 1.165) is 49.2 Å². The lowest BCUT2D eigenvalue weighted by molar-refractivity contribution is -0.111. The van der Waals surface area contributed by atoms with Gasteiger partial charge in [0, 0.05) is 23.5 Å². The first-order valence-corrected chi connectivity index (χ1v) is 11.2. The van der Waals surface area contributed by atoms with Crippen molar-refractivity contribution in [3.63, 3.8) is 0 Å².